The summed E-state index contributed by atoms with van der Waals surface area (Å²) in [6.07, 6.45) is -1.79. The molecule has 0 saturated carbocycles. The first-order chi connectivity index (χ1) is 13.5. The number of aromatic nitrogens is 1. The number of alkyl halides is 3. The number of hydrogen-bond acceptors (Lipinski definition) is 5. The van der Waals surface area contributed by atoms with Crippen LogP contribution in [-0.2, 0) is 20.2 Å². The van der Waals surface area contributed by atoms with Crippen LogP contribution in [0.15, 0.2) is 23.9 Å². The summed E-state index contributed by atoms with van der Waals surface area (Å²) in [5.41, 5.74) is -2.82. The summed E-state index contributed by atoms with van der Waals surface area (Å²) in [6, 6.07) is 0.898. The smallest absolute Gasteiger partial charge is 0.444 e. The Morgan fingerprint density at radius 3 is 2.27 bits per heavy atom. The lowest BCUT2D eigenvalue weighted by molar-refractivity contribution is -0.137. The molecule has 166 valence electrons. The maximum Gasteiger partial charge on any atom is 0.492 e. The first kappa shape index (κ1) is 24.2. The lowest BCUT2D eigenvalue weighted by Gasteiger charge is -2.32. The third-order valence-electron chi connectivity index (χ3n) is 4.89. The minimum atomic E-state index is -4.56. The molecule has 30 heavy (non-hydrogen) atoms. The second-order valence-electron chi connectivity index (χ2n) is 9.12. The Hall–Kier alpha value is -2.07. The number of amides is 1. The van der Waals surface area contributed by atoms with Crippen molar-refractivity contribution in [3.05, 3.63) is 35.1 Å². The van der Waals surface area contributed by atoms with Gasteiger partial charge in [0.2, 0.25) is 0 Å². The lowest BCUT2D eigenvalue weighted by Crippen LogP contribution is -2.41. The van der Waals surface area contributed by atoms with Crippen molar-refractivity contribution < 1.29 is 32.0 Å². The molecule has 2 heterocycles. The molecule has 0 aliphatic carbocycles. The number of alkyl carbamates (subject to hydrolysis) is 1. The van der Waals surface area contributed by atoms with Crippen LogP contribution in [0, 0.1) is 0 Å². The zero-order valence-electron chi connectivity index (χ0n) is 18.3. The van der Waals surface area contributed by atoms with Gasteiger partial charge in [0.25, 0.3) is 0 Å². The molecule has 1 aliphatic rings. The number of carbonyl (C=O) groups excluding carboxylic acids is 1. The predicted octanol–water partition coefficient (Wildman–Crippen LogP) is 4.64. The minimum Gasteiger partial charge on any atom is -0.444 e. The van der Waals surface area contributed by atoms with E-state index in [2.05, 4.69) is 10.3 Å². The fraction of sp³-hybridized carbons (Fsp3) is 0.600. The Bertz CT molecular complexity index is 801. The number of carbonyl (C=O) groups is 1. The van der Waals surface area contributed by atoms with E-state index in [-0.39, 0.29) is 12.1 Å². The van der Waals surface area contributed by atoms with Gasteiger partial charge in [0.05, 0.1) is 16.8 Å². The highest BCUT2D eigenvalue weighted by molar-refractivity contribution is 6.56. The SMILES string of the molecule is CC(C)(C)OC(=O)NCC(=Cc1cnccc1C(F)(F)F)B1OC(C)(C)C(C)(C)O1. The molecule has 1 aliphatic heterocycles. The molecule has 1 amide bonds. The van der Waals surface area contributed by atoms with Crippen LogP contribution >= 0.6 is 0 Å². The highest BCUT2D eigenvalue weighted by atomic mass is 19.4. The zero-order valence-corrected chi connectivity index (χ0v) is 18.3. The van der Waals surface area contributed by atoms with Crippen LogP contribution < -0.4 is 5.32 Å². The van der Waals surface area contributed by atoms with Crippen LogP contribution in [0.3, 0.4) is 0 Å². The van der Waals surface area contributed by atoms with E-state index in [0.29, 0.717) is 5.47 Å². The lowest BCUT2D eigenvalue weighted by atomic mass is 9.76. The van der Waals surface area contributed by atoms with Crippen molar-refractivity contribution >= 4 is 19.3 Å². The van der Waals surface area contributed by atoms with Crippen LogP contribution in [0.1, 0.15) is 59.6 Å². The third kappa shape index (κ3) is 5.98. The quantitative estimate of drug-likeness (QED) is 0.708. The third-order valence-corrected chi connectivity index (χ3v) is 4.89. The van der Waals surface area contributed by atoms with E-state index >= 15 is 0 Å². The van der Waals surface area contributed by atoms with Gasteiger partial charge >= 0.3 is 19.4 Å². The van der Waals surface area contributed by atoms with E-state index in [1.807, 2.05) is 27.7 Å². The second kappa shape index (κ2) is 8.22. The van der Waals surface area contributed by atoms with Gasteiger partial charge in [-0.3, -0.25) is 4.98 Å². The highest BCUT2D eigenvalue weighted by Gasteiger charge is 2.52. The van der Waals surface area contributed by atoms with Gasteiger partial charge in [0.1, 0.15) is 5.60 Å². The molecule has 0 aromatic carbocycles. The standard InChI is InChI=1S/C20H28BF3N2O4/c1-17(2,3)28-16(27)26-12-14(21-29-18(4,5)19(6,7)30-21)10-13-11-25-9-8-15(13)20(22,23)24/h8-11H,12H2,1-7H3,(H,26,27). The largest absolute Gasteiger partial charge is 0.492 e. The van der Waals surface area contributed by atoms with Crippen LogP contribution in [0.5, 0.6) is 0 Å². The monoisotopic (exact) mass is 428 g/mol. The van der Waals surface area contributed by atoms with Crippen molar-refractivity contribution in [1.82, 2.24) is 10.3 Å². The Kier molecular flexibility index (Phi) is 6.64. The molecule has 0 spiro atoms. The highest BCUT2D eigenvalue weighted by Crippen LogP contribution is 2.39. The number of nitrogens with one attached hydrogen (secondary N) is 1. The molecule has 1 saturated heterocycles. The van der Waals surface area contributed by atoms with Crippen molar-refractivity contribution in [2.75, 3.05) is 6.54 Å². The molecule has 0 radical (unpaired) electrons. The maximum atomic E-state index is 13.4. The fourth-order valence-corrected chi connectivity index (χ4v) is 2.66. The Morgan fingerprint density at radius 2 is 1.77 bits per heavy atom. The van der Waals surface area contributed by atoms with Crippen LogP contribution in [-0.4, -0.2) is 41.5 Å². The van der Waals surface area contributed by atoms with Gasteiger partial charge in [-0.2, -0.15) is 13.2 Å². The fourth-order valence-electron chi connectivity index (χ4n) is 2.66. The van der Waals surface area contributed by atoms with Gasteiger partial charge in [-0.25, -0.2) is 4.79 Å². The van der Waals surface area contributed by atoms with Gasteiger partial charge in [0.15, 0.2) is 0 Å². The maximum absolute atomic E-state index is 13.4. The number of pyridine rings is 1. The zero-order chi connectivity index (χ0) is 23.0. The molecule has 1 aromatic rings. The molecule has 0 unspecified atom stereocenters. The number of hydrogen-bond donors (Lipinski definition) is 1. The molecular formula is C20H28BF3N2O4. The number of halogens is 3. The van der Waals surface area contributed by atoms with Crippen molar-refractivity contribution in [3.8, 4) is 0 Å². The molecule has 0 atom stereocenters. The Morgan fingerprint density at radius 1 is 1.20 bits per heavy atom. The van der Waals surface area contributed by atoms with E-state index in [9.17, 15) is 18.0 Å². The molecule has 1 N–H and O–H groups in total. The summed E-state index contributed by atoms with van der Waals surface area (Å²) in [5, 5.41) is 2.56. The summed E-state index contributed by atoms with van der Waals surface area (Å²) < 4.78 is 57.4. The molecule has 2 rings (SSSR count). The normalized spacial score (nSPS) is 19.0. The number of nitrogens with zero attached hydrogens (tertiary/aromatic N) is 1. The van der Waals surface area contributed by atoms with Gasteiger partial charge in [0, 0.05) is 24.5 Å². The molecular weight excluding hydrogens is 400 g/mol. The van der Waals surface area contributed by atoms with E-state index in [1.54, 1.807) is 20.8 Å². The molecule has 1 aromatic heterocycles. The van der Waals surface area contributed by atoms with Gasteiger partial charge in [-0.15, -0.1) is 0 Å². The van der Waals surface area contributed by atoms with Crippen molar-refractivity contribution in [2.24, 2.45) is 0 Å². The molecule has 0 bridgehead atoms. The van der Waals surface area contributed by atoms with Crippen molar-refractivity contribution in [1.29, 1.82) is 0 Å². The van der Waals surface area contributed by atoms with Crippen LogP contribution in [0.2, 0.25) is 0 Å². The topological polar surface area (TPSA) is 69.7 Å². The van der Waals surface area contributed by atoms with Gasteiger partial charge < -0.3 is 19.4 Å². The van der Waals surface area contributed by atoms with Gasteiger partial charge in [-0.1, -0.05) is 6.08 Å². The average molecular weight is 428 g/mol. The van der Waals surface area contributed by atoms with Crippen molar-refractivity contribution in [2.45, 2.75) is 71.4 Å². The summed E-state index contributed by atoms with van der Waals surface area (Å²) in [4.78, 5) is 15.9. The van der Waals surface area contributed by atoms with E-state index in [4.69, 9.17) is 14.0 Å². The summed E-state index contributed by atoms with van der Waals surface area (Å²) in [6.45, 7) is 12.3. The van der Waals surface area contributed by atoms with E-state index < -0.39 is 41.8 Å². The van der Waals surface area contributed by atoms with Gasteiger partial charge in [-0.05, 0) is 60.0 Å². The van der Waals surface area contributed by atoms with E-state index in [0.717, 1.165) is 18.5 Å². The first-order valence-electron chi connectivity index (χ1n) is 9.56. The Labute approximate surface area is 175 Å². The average Bonchev–Trinajstić information content (AvgIpc) is 2.77. The minimum absolute atomic E-state index is 0.127. The molecule has 1 fully saturated rings. The Balaban J connectivity index is 2.38. The number of rotatable bonds is 4. The summed E-state index contributed by atoms with van der Waals surface area (Å²) >= 11 is 0. The summed E-state index contributed by atoms with van der Waals surface area (Å²) in [7, 11) is -0.953. The first-order valence-corrected chi connectivity index (χ1v) is 9.56. The second-order valence-corrected chi connectivity index (χ2v) is 9.12. The van der Waals surface area contributed by atoms with E-state index in [1.165, 1.54) is 6.08 Å². The molecule has 6 nitrogen and oxygen atoms in total. The van der Waals surface area contributed by atoms with Crippen LogP contribution in [0.25, 0.3) is 6.08 Å². The van der Waals surface area contributed by atoms with Crippen LogP contribution in [0.4, 0.5) is 18.0 Å². The predicted molar refractivity (Wildman–Crippen MR) is 108 cm³/mol. The molecule has 10 heteroatoms. The summed E-state index contributed by atoms with van der Waals surface area (Å²) in [5.74, 6) is 0. The number of ether oxygens (including phenoxy) is 1. The van der Waals surface area contributed by atoms with Crippen molar-refractivity contribution in [3.63, 3.8) is 0 Å².